The van der Waals surface area contributed by atoms with E-state index in [1.54, 1.807) is 0 Å². The number of hydrogen-bond acceptors (Lipinski definition) is 5. The van der Waals surface area contributed by atoms with E-state index in [1.165, 1.54) is 24.3 Å². The van der Waals surface area contributed by atoms with Crippen LogP contribution in [0, 0.1) is 20.2 Å². The Balaban J connectivity index is 2.38. The first-order chi connectivity index (χ1) is 14.0. The van der Waals surface area contributed by atoms with Gasteiger partial charge in [0, 0.05) is 16.7 Å². The lowest BCUT2D eigenvalue weighted by Crippen LogP contribution is -2.07. The quantitative estimate of drug-likeness (QED) is 0.394. The summed E-state index contributed by atoms with van der Waals surface area (Å²) in [5.41, 5.74) is -4.40. The normalized spacial score (nSPS) is 11.4. The zero-order valence-corrected chi connectivity index (χ0v) is 15.7. The largest absolute Gasteiger partial charge is 0.490 e. The summed E-state index contributed by atoms with van der Waals surface area (Å²) >= 11 is 5.78. The topological polar surface area (TPSA) is 111 Å². The summed E-state index contributed by atoms with van der Waals surface area (Å²) in [5, 5.41) is 23.3. The highest BCUT2D eigenvalue weighted by molar-refractivity contribution is 6.30. The third kappa shape index (κ3) is 3.79. The van der Waals surface area contributed by atoms with Crippen LogP contribution in [-0.2, 0) is 6.18 Å². The van der Waals surface area contributed by atoms with Crippen molar-refractivity contribution in [3.8, 4) is 28.1 Å². The van der Waals surface area contributed by atoms with Gasteiger partial charge in [-0.2, -0.15) is 13.2 Å². The molecule has 0 amide bonds. The van der Waals surface area contributed by atoms with E-state index < -0.39 is 44.3 Å². The van der Waals surface area contributed by atoms with Crippen molar-refractivity contribution in [2.24, 2.45) is 0 Å². The van der Waals surface area contributed by atoms with Gasteiger partial charge in [0.2, 0.25) is 0 Å². The number of alkyl halides is 3. The zero-order chi connectivity index (χ0) is 22.2. The van der Waals surface area contributed by atoms with E-state index in [-0.39, 0.29) is 21.9 Å². The summed E-state index contributed by atoms with van der Waals surface area (Å²) in [6, 6.07) is 8.34. The van der Waals surface area contributed by atoms with Gasteiger partial charge in [0.1, 0.15) is 11.4 Å². The molecule has 0 aliphatic heterocycles. The molecular formula is C18H11ClF3N3O5. The van der Waals surface area contributed by atoms with Gasteiger partial charge >= 0.3 is 17.6 Å². The van der Waals surface area contributed by atoms with Crippen LogP contribution in [0.3, 0.4) is 0 Å². The Morgan fingerprint density at radius 2 is 1.60 bits per heavy atom. The van der Waals surface area contributed by atoms with Gasteiger partial charge in [-0.25, -0.2) is 0 Å². The monoisotopic (exact) mass is 441 g/mol. The second-order valence-electron chi connectivity index (χ2n) is 6.00. The molecule has 0 saturated carbocycles. The molecule has 0 atom stereocenters. The zero-order valence-electron chi connectivity index (χ0n) is 15.0. The molecule has 1 aromatic heterocycles. The van der Waals surface area contributed by atoms with Crippen molar-refractivity contribution in [1.29, 1.82) is 0 Å². The number of benzene rings is 2. The second kappa shape index (κ2) is 7.67. The Bertz CT molecular complexity index is 1140. The van der Waals surface area contributed by atoms with Crippen molar-refractivity contribution < 1.29 is 27.8 Å². The second-order valence-corrected chi connectivity index (χ2v) is 6.44. The summed E-state index contributed by atoms with van der Waals surface area (Å²) < 4.78 is 46.1. The third-order valence-corrected chi connectivity index (χ3v) is 4.49. The highest BCUT2D eigenvalue weighted by atomic mass is 35.5. The van der Waals surface area contributed by atoms with Gasteiger partial charge in [-0.1, -0.05) is 23.7 Å². The van der Waals surface area contributed by atoms with E-state index in [0.29, 0.717) is 0 Å². The minimum absolute atomic E-state index is 0.0888. The lowest BCUT2D eigenvalue weighted by Gasteiger charge is -2.08. The van der Waals surface area contributed by atoms with Crippen LogP contribution >= 0.6 is 11.6 Å². The molecule has 8 nitrogen and oxygen atoms in total. The molecule has 0 bridgehead atoms. The minimum Gasteiger partial charge on any atom is -0.490 e. The predicted octanol–water partition coefficient (Wildman–Crippen LogP) is 5.85. The lowest BCUT2D eigenvalue weighted by molar-refractivity contribution is -0.385. The fourth-order valence-corrected chi connectivity index (χ4v) is 3.11. The average Bonchev–Trinajstić information content (AvgIpc) is 3.09. The molecule has 3 aromatic rings. The number of aromatic nitrogens is 1. The van der Waals surface area contributed by atoms with E-state index in [0.717, 1.165) is 25.3 Å². The minimum atomic E-state index is -5.00. The summed E-state index contributed by atoms with van der Waals surface area (Å²) in [4.78, 5) is 23.3. The van der Waals surface area contributed by atoms with Crippen LogP contribution in [-0.4, -0.2) is 21.9 Å². The van der Waals surface area contributed by atoms with Crippen LogP contribution in [0.15, 0.2) is 42.5 Å². The molecule has 2 aromatic carbocycles. The van der Waals surface area contributed by atoms with E-state index >= 15 is 0 Å². The SMILES string of the molecule is COc1ccc(-c2c(C(F)(F)F)[nH]c(-c3ccc(Cl)cc3)c2[N+](=O)[O-])cc1[N+](=O)[O-]. The molecule has 0 aliphatic rings. The highest BCUT2D eigenvalue weighted by Gasteiger charge is 2.42. The molecule has 0 spiro atoms. The van der Waals surface area contributed by atoms with E-state index in [9.17, 15) is 33.4 Å². The van der Waals surface area contributed by atoms with Crippen molar-refractivity contribution >= 4 is 23.0 Å². The number of nitrogens with zero attached hydrogens (tertiary/aromatic N) is 2. The number of aromatic amines is 1. The van der Waals surface area contributed by atoms with Crippen LogP contribution in [0.25, 0.3) is 22.4 Å². The first kappa shape index (κ1) is 21.1. The molecule has 3 rings (SSSR count). The molecule has 0 fully saturated rings. The maximum absolute atomic E-state index is 13.7. The number of ether oxygens (including phenoxy) is 1. The van der Waals surface area contributed by atoms with Gasteiger partial charge in [0.05, 0.1) is 22.5 Å². The van der Waals surface area contributed by atoms with Crippen LogP contribution in [0.5, 0.6) is 5.75 Å². The van der Waals surface area contributed by atoms with E-state index in [1.807, 2.05) is 0 Å². The van der Waals surface area contributed by atoms with Crippen LogP contribution in [0.2, 0.25) is 5.02 Å². The van der Waals surface area contributed by atoms with E-state index in [2.05, 4.69) is 4.98 Å². The van der Waals surface area contributed by atoms with Gasteiger partial charge in [0.15, 0.2) is 5.75 Å². The lowest BCUT2D eigenvalue weighted by atomic mass is 10.0. The summed E-state index contributed by atoms with van der Waals surface area (Å²) in [5.74, 6) is -0.201. The first-order valence-corrected chi connectivity index (χ1v) is 8.48. The molecule has 156 valence electrons. The van der Waals surface area contributed by atoms with Crippen molar-refractivity contribution in [2.45, 2.75) is 6.18 Å². The Labute approximate surface area is 171 Å². The fourth-order valence-electron chi connectivity index (χ4n) is 2.98. The third-order valence-electron chi connectivity index (χ3n) is 4.24. The number of rotatable bonds is 5. The van der Waals surface area contributed by atoms with E-state index in [4.69, 9.17) is 16.3 Å². The molecule has 0 aliphatic carbocycles. The Morgan fingerprint density at radius 1 is 1.00 bits per heavy atom. The maximum Gasteiger partial charge on any atom is 0.432 e. The Morgan fingerprint density at radius 3 is 2.10 bits per heavy atom. The molecule has 12 heteroatoms. The average molecular weight is 442 g/mol. The number of H-pyrrole nitrogens is 1. The van der Waals surface area contributed by atoms with Crippen molar-refractivity contribution in [3.63, 3.8) is 0 Å². The van der Waals surface area contributed by atoms with Gasteiger partial charge in [0.25, 0.3) is 0 Å². The van der Waals surface area contributed by atoms with Crippen molar-refractivity contribution in [3.05, 3.63) is 73.4 Å². The van der Waals surface area contributed by atoms with Gasteiger partial charge < -0.3 is 9.72 Å². The summed E-state index contributed by atoms with van der Waals surface area (Å²) in [6.07, 6.45) is -5.00. The predicted molar refractivity (Wildman–Crippen MR) is 102 cm³/mol. The summed E-state index contributed by atoms with van der Waals surface area (Å²) in [6.45, 7) is 0. The smallest absolute Gasteiger partial charge is 0.432 e. The summed E-state index contributed by atoms with van der Waals surface area (Å²) in [7, 11) is 1.15. The van der Waals surface area contributed by atoms with Gasteiger partial charge in [-0.15, -0.1) is 0 Å². The van der Waals surface area contributed by atoms with Crippen molar-refractivity contribution in [1.82, 2.24) is 4.98 Å². The molecule has 0 unspecified atom stereocenters. The Hall–Kier alpha value is -3.60. The molecule has 1 N–H and O–H groups in total. The number of methoxy groups -OCH3 is 1. The molecule has 1 heterocycles. The number of nitro benzene ring substituents is 1. The standard InChI is InChI=1S/C18H11ClF3N3O5/c1-30-13-7-4-10(8-12(13)24(26)27)14-16(25(28)29)15(23-17(14)18(20,21)22)9-2-5-11(19)6-3-9/h2-8,23H,1H3. The maximum atomic E-state index is 13.7. The van der Waals surface area contributed by atoms with Crippen LogP contribution in [0.1, 0.15) is 5.69 Å². The number of hydrogen-bond donors (Lipinski definition) is 1. The molecular weight excluding hydrogens is 431 g/mol. The number of nitrogens with one attached hydrogen (secondary N) is 1. The number of halogens is 4. The van der Waals surface area contributed by atoms with Crippen LogP contribution in [0.4, 0.5) is 24.5 Å². The molecule has 0 radical (unpaired) electrons. The number of nitro groups is 2. The van der Waals surface area contributed by atoms with Crippen LogP contribution < -0.4 is 4.74 Å². The van der Waals surface area contributed by atoms with Gasteiger partial charge in [-0.3, -0.25) is 20.2 Å². The molecule has 30 heavy (non-hydrogen) atoms. The first-order valence-electron chi connectivity index (χ1n) is 8.11. The fraction of sp³-hybridized carbons (Fsp3) is 0.111. The Kier molecular flexibility index (Phi) is 5.40. The highest BCUT2D eigenvalue weighted by Crippen LogP contribution is 2.48. The van der Waals surface area contributed by atoms with Crippen molar-refractivity contribution in [2.75, 3.05) is 7.11 Å². The molecule has 0 saturated heterocycles. The van der Waals surface area contributed by atoms with Gasteiger partial charge in [-0.05, 0) is 29.8 Å².